The molecule has 31 heavy (non-hydrogen) atoms. The van der Waals surface area contributed by atoms with Crippen LogP contribution in [0.25, 0.3) is 22.3 Å². The number of nitrogens with zero attached hydrogens (tertiary/aromatic N) is 5. The second-order valence-corrected chi connectivity index (χ2v) is 7.51. The van der Waals surface area contributed by atoms with Crippen LogP contribution in [0.4, 0.5) is 0 Å². The lowest BCUT2D eigenvalue weighted by atomic mass is 10.1. The monoisotopic (exact) mass is 418 g/mol. The van der Waals surface area contributed by atoms with E-state index in [4.69, 9.17) is 14.2 Å². The number of aromatic amines is 1. The van der Waals surface area contributed by atoms with E-state index in [1.165, 1.54) is 0 Å². The van der Waals surface area contributed by atoms with E-state index in [-0.39, 0.29) is 12.0 Å². The number of ether oxygens (including phenoxy) is 1. The van der Waals surface area contributed by atoms with Gasteiger partial charge in [0, 0.05) is 18.5 Å². The molecule has 1 aliphatic rings. The quantitative estimate of drug-likeness (QED) is 0.542. The third-order valence-corrected chi connectivity index (χ3v) is 5.53. The van der Waals surface area contributed by atoms with Crippen molar-refractivity contribution in [3.8, 4) is 11.3 Å². The van der Waals surface area contributed by atoms with Crippen molar-refractivity contribution in [2.24, 2.45) is 0 Å². The molecule has 158 valence electrons. The van der Waals surface area contributed by atoms with E-state index in [2.05, 4.69) is 20.6 Å². The van der Waals surface area contributed by atoms with Crippen molar-refractivity contribution in [1.82, 2.24) is 30.5 Å². The summed E-state index contributed by atoms with van der Waals surface area (Å²) in [5.74, 6) is 0.754. The Morgan fingerprint density at radius 1 is 1.23 bits per heavy atom. The molecule has 1 fully saturated rings. The minimum Gasteiger partial charge on any atom is -0.368 e. The first kappa shape index (κ1) is 19.4. The second-order valence-electron chi connectivity index (χ2n) is 7.51. The van der Waals surface area contributed by atoms with Crippen LogP contribution in [-0.4, -0.2) is 56.1 Å². The molecule has 0 saturated carbocycles. The van der Waals surface area contributed by atoms with Gasteiger partial charge in [0.2, 0.25) is 0 Å². The van der Waals surface area contributed by atoms with Gasteiger partial charge in [-0.1, -0.05) is 18.1 Å². The zero-order chi connectivity index (χ0) is 21.4. The molecule has 9 nitrogen and oxygen atoms in total. The summed E-state index contributed by atoms with van der Waals surface area (Å²) in [6.45, 7) is 5.33. The Kier molecular flexibility index (Phi) is 4.95. The molecule has 5 rings (SSSR count). The Hall–Kier alpha value is -3.59. The number of fused-ring (bicyclic) bond motifs is 1. The van der Waals surface area contributed by atoms with Gasteiger partial charge in [-0.15, -0.1) is 0 Å². The van der Waals surface area contributed by atoms with Crippen molar-refractivity contribution >= 4 is 16.9 Å². The zero-order valence-corrected chi connectivity index (χ0v) is 17.3. The van der Waals surface area contributed by atoms with Gasteiger partial charge < -0.3 is 14.2 Å². The first-order chi connectivity index (χ1) is 15.1. The zero-order valence-electron chi connectivity index (χ0n) is 17.3. The number of pyridine rings is 1. The molecule has 0 radical (unpaired) electrons. The van der Waals surface area contributed by atoms with Crippen molar-refractivity contribution in [3.05, 3.63) is 59.1 Å². The Balaban J connectivity index is 1.39. The van der Waals surface area contributed by atoms with Gasteiger partial charge in [-0.25, -0.2) is 4.98 Å². The molecule has 1 amide bonds. The number of morpholine rings is 1. The van der Waals surface area contributed by atoms with Crippen LogP contribution in [0, 0.1) is 6.92 Å². The number of carbonyl (C=O) groups excluding carboxylic acids is 1. The van der Waals surface area contributed by atoms with Gasteiger partial charge in [-0.3, -0.25) is 4.79 Å². The van der Waals surface area contributed by atoms with Crippen molar-refractivity contribution in [1.29, 1.82) is 0 Å². The molecule has 0 aliphatic carbocycles. The van der Waals surface area contributed by atoms with E-state index in [1.54, 1.807) is 23.1 Å². The Bertz CT molecular complexity index is 1250. The number of carbonyl (C=O) groups is 1. The van der Waals surface area contributed by atoms with E-state index in [0.717, 1.165) is 40.3 Å². The SMILES string of the molecule is CCc1onc(C)c1-c1cccc(C2CN(C(=O)c3ccc4n[nH]nc4c3)CCO2)n1. The first-order valence-electron chi connectivity index (χ1n) is 10.3. The van der Waals surface area contributed by atoms with Gasteiger partial charge in [-0.05, 0) is 37.3 Å². The number of amides is 1. The lowest BCUT2D eigenvalue weighted by Crippen LogP contribution is -2.42. The van der Waals surface area contributed by atoms with Crippen LogP contribution in [0.5, 0.6) is 0 Å². The molecule has 1 atom stereocenters. The van der Waals surface area contributed by atoms with Crippen LogP contribution in [0.2, 0.25) is 0 Å². The van der Waals surface area contributed by atoms with E-state index >= 15 is 0 Å². The summed E-state index contributed by atoms with van der Waals surface area (Å²) in [6, 6.07) is 11.1. The van der Waals surface area contributed by atoms with Crippen LogP contribution >= 0.6 is 0 Å². The molecular weight excluding hydrogens is 396 g/mol. The number of aryl methyl sites for hydroxylation is 2. The summed E-state index contributed by atoms with van der Waals surface area (Å²) in [4.78, 5) is 19.7. The maximum atomic E-state index is 13.1. The topological polar surface area (TPSA) is 110 Å². The largest absolute Gasteiger partial charge is 0.368 e. The van der Waals surface area contributed by atoms with Gasteiger partial charge in [0.25, 0.3) is 5.91 Å². The number of nitrogens with one attached hydrogen (secondary N) is 1. The normalized spacial score (nSPS) is 16.7. The summed E-state index contributed by atoms with van der Waals surface area (Å²) < 4.78 is 11.4. The average molecular weight is 418 g/mol. The van der Waals surface area contributed by atoms with Crippen molar-refractivity contribution in [2.75, 3.05) is 19.7 Å². The van der Waals surface area contributed by atoms with E-state index in [9.17, 15) is 4.79 Å². The molecule has 1 aromatic carbocycles. The Morgan fingerprint density at radius 3 is 2.97 bits per heavy atom. The number of benzene rings is 1. The third-order valence-electron chi connectivity index (χ3n) is 5.53. The molecule has 1 saturated heterocycles. The van der Waals surface area contributed by atoms with E-state index in [1.807, 2.05) is 32.0 Å². The highest BCUT2D eigenvalue weighted by Gasteiger charge is 2.28. The maximum Gasteiger partial charge on any atom is 0.254 e. The number of rotatable bonds is 4. The standard InChI is InChI=1S/C22H22N6O3/c1-3-19-21(13(2)26-31-19)17-6-4-5-16(23-17)20-12-28(9-10-30-20)22(29)14-7-8-15-18(11-14)25-27-24-15/h4-8,11,20H,3,9-10,12H2,1-2H3,(H,24,25,27). The first-order valence-corrected chi connectivity index (χ1v) is 10.3. The van der Waals surface area contributed by atoms with Crippen LogP contribution in [-0.2, 0) is 11.2 Å². The molecule has 0 bridgehead atoms. The molecular formula is C22H22N6O3. The van der Waals surface area contributed by atoms with Gasteiger partial charge in [0.15, 0.2) is 0 Å². The van der Waals surface area contributed by atoms with E-state index < -0.39 is 0 Å². The fraction of sp³-hybridized carbons (Fsp3) is 0.318. The van der Waals surface area contributed by atoms with Crippen LogP contribution in [0.3, 0.4) is 0 Å². The molecule has 4 heterocycles. The summed E-state index contributed by atoms with van der Waals surface area (Å²) in [5.41, 5.74) is 5.30. The number of hydrogen-bond donors (Lipinski definition) is 1. The highest BCUT2D eigenvalue weighted by Crippen LogP contribution is 2.29. The molecule has 4 aromatic rings. The fourth-order valence-corrected chi connectivity index (χ4v) is 3.92. The van der Waals surface area contributed by atoms with Crippen LogP contribution in [0.1, 0.15) is 40.5 Å². The maximum absolute atomic E-state index is 13.1. The Labute approximate surface area is 178 Å². The fourth-order valence-electron chi connectivity index (χ4n) is 3.92. The molecule has 1 unspecified atom stereocenters. The Morgan fingerprint density at radius 2 is 2.10 bits per heavy atom. The van der Waals surface area contributed by atoms with E-state index in [0.29, 0.717) is 30.8 Å². The summed E-state index contributed by atoms with van der Waals surface area (Å²) in [5, 5.41) is 14.8. The van der Waals surface area contributed by atoms with Gasteiger partial charge in [0.1, 0.15) is 22.9 Å². The molecule has 3 aromatic heterocycles. The summed E-state index contributed by atoms with van der Waals surface area (Å²) in [7, 11) is 0. The molecule has 9 heteroatoms. The molecule has 0 spiro atoms. The average Bonchev–Trinajstić information content (AvgIpc) is 3.44. The number of aromatic nitrogens is 5. The van der Waals surface area contributed by atoms with Gasteiger partial charge in [0.05, 0.1) is 35.8 Å². The smallest absolute Gasteiger partial charge is 0.254 e. The highest BCUT2D eigenvalue weighted by molar-refractivity contribution is 5.97. The van der Waals surface area contributed by atoms with Crippen molar-refractivity contribution in [3.63, 3.8) is 0 Å². The molecule has 1 N–H and O–H groups in total. The lowest BCUT2D eigenvalue weighted by molar-refractivity contribution is -0.0246. The third kappa shape index (κ3) is 3.57. The minimum absolute atomic E-state index is 0.0579. The van der Waals surface area contributed by atoms with Crippen LogP contribution < -0.4 is 0 Å². The predicted molar refractivity (Wildman–Crippen MR) is 112 cm³/mol. The summed E-state index contributed by atoms with van der Waals surface area (Å²) in [6.07, 6.45) is 0.429. The van der Waals surface area contributed by atoms with Gasteiger partial charge >= 0.3 is 0 Å². The minimum atomic E-state index is -0.307. The second kappa shape index (κ2) is 7.92. The van der Waals surface area contributed by atoms with Crippen molar-refractivity contribution < 1.29 is 14.1 Å². The van der Waals surface area contributed by atoms with Crippen molar-refractivity contribution in [2.45, 2.75) is 26.4 Å². The lowest BCUT2D eigenvalue weighted by Gasteiger charge is -2.33. The van der Waals surface area contributed by atoms with Crippen LogP contribution in [0.15, 0.2) is 40.9 Å². The van der Waals surface area contributed by atoms with Gasteiger partial charge in [-0.2, -0.15) is 15.4 Å². The summed E-state index contributed by atoms with van der Waals surface area (Å²) >= 11 is 0. The highest BCUT2D eigenvalue weighted by atomic mass is 16.5. The molecule has 1 aliphatic heterocycles. The predicted octanol–water partition coefficient (Wildman–Crippen LogP) is 3.09. The number of H-pyrrole nitrogens is 1. The number of hydrogen-bond acceptors (Lipinski definition) is 7.